The van der Waals surface area contributed by atoms with Crippen LogP contribution >= 0.6 is 0 Å². The molecule has 0 bridgehead atoms. The number of aromatic nitrogens is 2. The van der Waals surface area contributed by atoms with Gasteiger partial charge in [-0.2, -0.15) is 10.4 Å². The van der Waals surface area contributed by atoms with E-state index in [1.54, 1.807) is 17.1 Å². The molecule has 4 nitrogen and oxygen atoms in total. The van der Waals surface area contributed by atoms with Gasteiger partial charge in [-0.15, -0.1) is 0 Å². The lowest BCUT2D eigenvalue weighted by Gasteiger charge is -2.02. The van der Waals surface area contributed by atoms with Crippen molar-refractivity contribution in [3.63, 3.8) is 0 Å². The third kappa shape index (κ3) is 3.04. The van der Waals surface area contributed by atoms with Gasteiger partial charge in [-0.1, -0.05) is 6.58 Å². The Kier molecular flexibility index (Phi) is 3.89. The van der Waals surface area contributed by atoms with E-state index >= 15 is 0 Å². The summed E-state index contributed by atoms with van der Waals surface area (Å²) in [7, 11) is 0. The molecule has 1 atom stereocenters. The van der Waals surface area contributed by atoms with Gasteiger partial charge in [0.05, 0.1) is 18.2 Å². The first-order valence-electron chi connectivity index (χ1n) is 4.52. The summed E-state index contributed by atoms with van der Waals surface area (Å²) >= 11 is 0. The molecule has 0 fully saturated rings. The van der Waals surface area contributed by atoms with Gasteiger partial charge in [0.25, 0.3) is 0 Å². The summed E-state index contributed by atoms with van der Waals surface area (Å²) in [4.78, 5) is 0. The largest absolute Gasteiger partial charge is 0.311 e. The second-order valence-electron chi connectivity index (χ2n) is 3.17. The Balaban J connectivity index is 2.32. The van der Waals surface area contributed by atoms with E-state index in [2.05, 4.69) is 23.1 Å². The Morgan fingerprint density at radius 1 is 1.86 bits per heavy atom. The number of nitrogens with one attached hydrogen (secondary N) is 1. The van der Waals surface area contributed by atoms with Gasteiger partial charge in [-0.3, -0.25) is 0 Å². The highest BCUT2D eigenvalue weighted by atomic mass is 15.2. The maximum Gasteiger partial charge on any atom is 0.0666 e. The van der Waals surface area contributed by atoms with Crippen LogP contribution in [0.2, 0.25) is 0 Å². The number of hydrogen-bond donors (Lipinski definition) is 1. The molecular formula is C10H14N4. The highest BCUT2D eigenvalue weighted by molar-refractivity contribution is 5.17. The van der Waals surface area contributed by atoms with Crippen molar-refractivity contribution in [3.8, 4) is 6.07 Å². The van der Waals surface area contributed by atoms with Gasteiger partial charge in [0.15, 0.2) is 0 Å². The molecule has 1 unspecified atom stereocenters. The molecule has 0 amide bonds. The molecule has 74 valence electrons. The van der Waals surface area contributed by atoms with E-state index in [0.29, 0.717) is 6.54 Å². The SMILES string of the molecule is C=Cn1cc(CNCC(C)C#N)cn1. The summed E-state index contributed by atoms with van der Waals surface area (Å²) in [6.45, 7) is 6.93. The lowest BCUT2D eigenvalue weighted by Crippen LogP contribution is -2.19. The van der Waals surface area contributed by atoms with E-state index in [-0.39, 0.29) is 5.92 Å². The molecule has 0 spiro atoms. The van der Waals surface area contributed by atoms with Crippen LogP contribution in [-0.4, -0.2) is 16.3 Å². The average molecular weight is 190 g/mol. The lowest BCUT2D eigenvalue weighted by atomic mass is 10.2. The van der Waals surface area contributed by atoms with Gasteiger partial charge >= 0.3 is 0 Å². The summed E-state index contributed by atoms with van der Waals surface area (Å²) in [6, 6.07) is 2.17. The van der Waals surface area contributed by atoms with Crippen molar-refractivity contribution in [1.82, 2.24) is 15.1 Å². The third-order valence-corrected chi connectivity index (χ3v) is 1.84. The zero-order chi connectivity index (χ0) is 10.4. The number of hydrogen-bond acceptors (Lipinski definition) is 3. The Labute approximate surface area is 83.8 Å². The fourth-order valence-corrected chi connectivity index (χ4v) is 1.05. The van der Waals surface area contributed by atoms with Gasteiger partial charge in [0.1, 0.15) is 0 Å². The minimum absolute atomic E-state index is 0.0458. The van der Waals surface area contributed by atoms with Crippen LogP contribution in [0, 0.1) is 17.2 Å². The first-order chi connectivity index (χ1) is 6.76. The molecule has 1 N–H and O–H groups in total. The van der Waals surface area contributed by atoms with Crippen molar-refractivity contribution >= 4 is 6.20 Å². The van der Waals surface area contributed by atoms with Crippen molar-refractivity contribution in [2.24, 2.45) is 5.92 Å². The molecule has 1 aromatic rings. The van der Waals surface area contributed by atoms with Crippen LogP contribution < -0.4 is 5.32 Å². The summed E-state index contributed by atoms with van der Waals surface area (Å²) < 4.78 is 1.66. The molecule has 0 aromatic carbocycles. The highest BCUT2D eigenvalue weighted by Crippen LogP contribution is 1.97. The van der Waals surface area contributed by atoms with E-state index in [1.165, 1.54) is 0 Å². The van der Waals surface area contributed by atoms with Crippen LogP contribution in [0.1, 0.15) is 12.5 Å². The van der Waals surface area contributed by atoms with Crippen LogP contribution in [0.15, 0.2) is 19.0 Å². The van der Waals surface area contributed by atoms with Crippen molar-refractivity contribution in [2.45, 2.75) is 13.5 Å². The Morgan fingerprint density at radius 3 is 3.21 bits per heavy atom. The van der Waals surface area contributed by atoms with Gasteiger partial charge < -0.3 is 5.32 Å². The lowest BCUT2D eigenvalue weighted by molar-refractivity contribution is 0.601. The van der Waals surface area contributed by atoms with E-state index < -0.39 is 0 Å². The molecule has 0 aliphatic heterocycles. The average Bonchev–Trinajstić information content (AvgIpc) is 2.65. The van der Waals surface area contributed by atoms with Crippen molar-refractivity contribution in [3.05, 3.63) is 24.5 Å². The highest BCUT2D eigenvalue weighted by Gasteiger charge is 1.99. The van der Waals surface area contributed by atoms with E-state index in [9.17, 15) is 0 Å². The van der Waals surface area contributed by atoms with Gasteiger partial charge in [0.2, 0.25) is 0 Å². The normalized spacial score (nSPS) is 12.0. The summed E-state index contributed by atoms with van der Waals surface area (Å²) in [6.07, 6.45) is 5.32. The second kappa shape index (κ2) is 5.20. The molecular weight excluding hydrogens is 176 g/mol. The van der Waals surface area contributed by atoms with Crippen LogP contribution in [0.4, 0.5) is 0 Å². The monoisotopic (exact) mass is 190 g/mol. The van der Waals surface area contributed by atoms with Crippen LogP contribution in [0.5, 0.6) is 0 Å². The molecule has 1 aromatic heterocycles. The van der Waals surface area contributed by atoms with Gasteiger partial charge in [0, 0.05) is 31.0 Å². The fraction of sp³-hybridized carbons (Fsp3) is 0.400. The maximum absolute atomic E-state index is 8.55. The molecule has 1 rings (SSSR count). The quantitative estimate of drug-likeness (QED) is 0.759. The van der Waals surface area contributed by atoms with Crippen LogP contribution in [-0.2, 0) is 6.54 Å². The zero-order valence-electron chi connectivity index (χ0n) is 8.27. The van der Waals surface area contributed by atoms with Crippen molar-refractivity contribution in [2.75, 3.05) is 6.54 Å². The smallest absolute Gasteiger partial charge is 0.0666 e. The van der Waals surface area contributed by atoms with Gasteiger partial charge in [-0.05, 0) is 6.92 Å². The Bertz CT molecular complexity index is 334. The second-order valence-corrected chi connectivity index (χ2v) is 3.17. The molecule has 0 radical (unpaired) electrons. The van der Waals surface area contributed by atoms with Gasteiger partial charge in [-0.25, -0.2) is 4.68 Å². The van der Waals surface area contributed by atoms with Crippen molar-refractivity contribution < 1.29 is 0 Å². The Morgan fingerprint density at radius 2 is 2.64 bits per heavy atom. The maximum atomic E-state index is 8.55. The fourth-order valence-electron chi connectivity index (χ4n) is 1.05. The molecule has 0 aliphatic rings. The summed E-state index contributed by atoms with van der Waals surface area (Å²) in [5.74, 6) is 0.0458. The van der Waals surface area contributed by atoms with Crippen LogP contribution in [0.3, 0.4) is 0 Å². The third-order valence-electron chi connectivity index (χ3n) is 1.84. The predicted molar refractivity (Wildman–Crippen MR) is 55.1 cm³/mol. The molecule has 0 aliphatic carbocycles. The Hall–Kier alpha value is -1.60. The zero-order valence-corrected chi connectivity index (χ0v) is 8.27. The first-order valence-corrected chi connectivity index (χ1v) is 4.52. The molecule has 0 saturated carbocycles. The molecule has 14 heavy (non-hydrogen) atoms. The van der Waals surface area contributed by atoms with E-state index in [0.717, 1.165) is 12.1 Å². The molecule has 1 heterocycles. The minimum Gasteiger partial charge on any atom is -0.311 e. The number of nitriles is 1. The standard InChI is InChI=1S/C10H14N4/c1-3-14-8-10(7-13-14)6-12-5-9(2)4-11/h3,7-9,12H,1,5-6H2,2H3. The predicted octanol–water partition coefficient (Wildman–Crippen LogP) is 1.23. The van der Waals surface area contributed by atoms with E-state index in [1.807, 2.05) is 13.1 Å². The molecule has 0 saturated heterocycles. The number of nitrogens with zero attached hydrogens (tertiary/aromatic N) is 3. The first kappa shape index (κ1) is 10.5. The van der Waals surface area contributed by atoms with Crippen molar-refractivity contribution in [1.29, 1.82) is 5.26 Å². The minimum atomic E-state index is 0.0458. The molecule has 4 heteroatoms. The van der Waals surface area contributed by atoms with E-state index in [4.69, 9.17) is 5.26 Å². The number of rotatable bonds is 5. The summed E-state index contributed by atoms with van der Waals surface area (Å²) in [5, 5.41) is 15.8. The van der Waals surface area contributed by atoms with Crippen LogP contribution in [0.25, 0.3) is 6.20 Å². The summed E-state index contributed by atoms with van der Waals surface area (Å²) in [5.41, 5.74) is 1.09. The topological polar surface area (TPSA) is 53.6 Å².